The van der Waals surface area contributed by atoms with Crippen molar-refractivity contribution in [2.75, 3.05) is 26.8 Å². The highest BCUT2D eigenvalue weighted by atomic mass is 16.5. The lowest BCUT2D eigenvalue weighted by atomic mass is 10.0. The van der Waals surface area contributed by atoms with E-state index in [1.54, 1.807) is 7.05 Å². The van der Waals surface area contributed by atoms with E-state index in [2.05, 4.69) is 13.8 Å². The van der Waals surface area contributed by atoms with Crippen LogP contribution in [0.2, 0.25) is 0 Å². The summed E-state index contributed by atoms with van der Waals surface area (Å²) >= 11 is 0. The lowest BCUT2D eigenvalue weighted by Gasteiger charge is -2.28. The highest BCUT2D eigenvalue weighted by Gasteiger charge is 2.20. The van der Waals surface area contributed by atoms with Crippen LogP contribution in [-0.4, -0.2) is 47.8 Å². The van der Waals surface area contributed by atoms with Crippen molar-refractivity contribution in [1.29, 1.82) is 0 Å². The fourth-order valence-corrected chi connectivity index (χ4v) is 2.00. The van der Waals surface area contributed by atoms with Crippen molar-refractivity contribution in [3.63, 3.8) is 0 Å². The molecule has 0 aromatic heterocycles. The Morgan fingerprint density at radius 2 is 1.50 bits per heavy atom. The number of hydrogen-bond acceptors (Lipinski definition) is 4. The lowest BCUT2D eigenvalue weighted by Crippen LogP contribution is -2.44. The average Bonchev–Trinajstić information content (AvgIpc) is 2.34. The standard InChI is InChI=1S/C16H35NO3/c1-15(2)11-8-6-5-7-9-13-20-14-10-12-17(4)16(3,18)19/h15,18-19H,5-14H2,1-4H3. The third-order valence-electron chi connectivity index (χ3n) is 3.58. The Morgan fingerprint density at radius 3 is 2.10 bits per heavy atom. The molecule has 0 fully saturated rings. The molecule has 0 aliphatic rings. The van der Waals surface area contributed by atoms with Gasteiger partial charge in [0.1, 0.15) is 0 Å². The number of ether oxygens (including phenoxy) is 1. The smallest absolute Gasteiger partial charge is 0.221 e. The van der Waals surface area contributed by atoms with E-state index in [1.165, 1.54) is 43.9 Å². The topological polar surface area (TPSA) is 52.9 Å². The first-order valence-corrected chi connectivity index (χ1v) is 8.07. The minimum absolute atomic E-state index is 0.624. The van der Waals surface area contributed by atoms with E-state index >= 15 is 0 Å². The molecule has 0 spiro atoms. The summed E-state index contributed by atoms with van der Waals surface area (Å²) in [6.45, 7) is 8.06. The molecule has 0 saturated carbocycles. The normalized spacial score (nSPS) is 12.6. The van der Waals surface area contributed by atoms with Gasteiger partial charge in [-0.3, -0.25) is 4.90 Å². The van der Waals surface area contributed by atoms with E-state index < -0.39 is 5.91 Å². The quantitative estimate of drug-likeness (QED) is 0.404. The first kappa shape index (κ1) is 19.8. The van der Waals surface area contributed by atoms with Gasteiger partial charge in [-0.1, -0.05) is 46.0 Å². The molecule has 20 heavy (non-hydrogen) atoms. The maximum Gasteiger partial charge on any atom is 0.221 e. The van der Waals surface area contributed by atoms with Crippen molar-refractivity contribution >= 4 is 0 Å². The van der Waals surface area contributed by atoms with Gasteiger partial charge in [-0.2, -0.15) is 0 Å². The number of unbranched alkanes of at least 4 members (excludes halogenated alkanes) is 4. The summed E-state index contributed by atoms with van der Waals surface area (Å²) in [6.07, 6.45) is 8.56. The summed E-state index contributed by atoms with van der Waals surface area (Å²) in [5.74, 6) is -0.896. The van der Waals surface area contributed by atoms with Crippen LogP contribution in [0.1, 0.15) is 65.7 Å². The van der Waals surface area contributed by atoms with Gasteiger partial charge in [-0.25, -0.2) is 0 Å². The molecular formula is C16H35NO3. The van der Waals surface area contributed by atoms with E-state index in [-0.39, 0.29) is 0 Å². The van der Waals surface area contributed by atoms with Crippen molar-refractivity contribution in [2.45, 2.75) is 71.6 Å². The third-order valence-corrected chi connectivity index (χ3v) is 3.58. The first-order chi connectivity index (χ1) is 9.34. The molecule has 0 radical (unpaired) electrons. The Kier molecular flexibility index (Phi) is 11.4. The zero-order valence-electron chi connectivity index (χ0n) is 13.9. The zero-order chi connectivity index (χ0) is 15.4. The lowest BCUT2D eigenvalue weighted by molar-refractivity contribution is -0.242. The number of nitrogens with zero attached hydrogens (tertiary/aromatic N) is 1. The minimum Gasteiger partial charge on any atom is -0.381 e. The van der Waals surface area contributed by atoms with Gasteiger partial charge < -0.3 is 14.9 Å². The molecule has 4 heteroatoms. The Morgan fingerprint density at radius 1 is 0.950 bits per heavy atom. The van der Waals surface area contributed by atoms with Crippen LogP contribution in [0, 0.1) is 5.92 Å². The zero-order valence-corrected chi connectivity index (χ0v) is 13.9. The molecule has 0 heterocycles. The second kappa shape index (κ2) is 11.5. The van der Waals surface area contributed by atoms with Gasteiger partial charge in [0, 0.05) is 26.7 Å². The van der Waals surface area contributed by atoms with Crippen LogP contribution in [0.25, 0.3) is 0 Å². The van der Waals surface area contributed by atoms with Crippen LogP contribution in [0.15, 0.2) is 0 Å². The van der Waals surface area contributed by atoms with E-state index in [9.17, 15) is 10.2 Å². The highest BCUT2D eigenvalue weighted by molar-refractivity contribution is 4.57. The predicted molar refractivity (Wildman–Crippen MR) is 83.4 cm³/mol. The van der Waals surface area contributed by atoms with Crippen molar-refractivity contribution in [2.24, 2.45) is 5.92 Å². The van der Waals surface area contributed by atoms with Crippen LogP contribution in [0.3, 0.4) is 0 Å². The number of hydrogen-bond donors (Lipinski definition) is 2. The fourth-order valence-electron chi connectivity index (χ4n) is 2.00. The molecular weight excluding hydrogens is 254 g/mol. The molecule has 0 aromatic carbocycles. The van der Waals surface area contributed by atoms with E-state index in [0.717, 1.165) is 25.4 Å². The predicted octanol–water partition coefficient (Wildman–Crippen LogP) is 2.98. The van der Waals surface area contributed by atoms with E-state index in [0.29, 0.717) is 13.2 Å². The van der Waals surface area contributed by atoms with Crippen LogP contribution >= 0.6 is 0 Å². The molecule has 0 aliphatic carbocycles. The molecule has 0 atom stereocenters. The van der Waals surface area contributed by atoms with Crippen LogP contribution < -0.4 is 0 Å². The third kappa shape index (κ3) is 12.9. The van der Waals surface area contributed by atoms with Gasteiger partial charge in [0.25, 0.3) is 0 Å². The van der Waals surface area contributed by atoms with E-state index in [1.807, 2.05) is 0 Å². The molecule has 0 unspecified atom stereocenters. The maximum atomic E-state index is 9.30. The molecule has 0 aromatic rings. The van der Waals surface area contributed by atoms with E-state index in [4.69, 9.17) is 4.74 Å². The maximum absolute atomic E-state index is 9.30. The summed E-state index contributed by atoms with van der Waals surface area (Å²) in [5.41, 5.74) is 0. The van der Waals surface area contributed by atoms with Gasteiger partial charge in [-0.05, 0) is 25.8 Å². The highest BCUT2D eigenvalue weighted by Crippen LogP contribution is 2.10. The van der Waals surface area contributed by atoms with Crippen molar-refractivity contribution in [1.82, 2.24) is 4.90 Å². The van der Waals surface area contributed by atoms with Crippen LogP contribution in [0.5, 0.6) is 0 Å². The largest absolute Gasteiger partial charge is 0.381 e. The molecule has 0 rings (SSSR count). The van der Waals surface area contributed by atoms with Gasteiger partial charge in [0.2, 0.25) is 5.91 Å². The number of aliphatic hydroxyl groups is 2. The summed E-state index contributed by atoms with van der Waals surface area (Å²) in [7, 11) is 1.69. The molecule has 0 amide bonds. The Bertz CT molecular complexity index is 214. The average molecular weight is 289 g/mol. The molecule has 2 N–H and O–H groups in total. The van der Waals surface area contributed by atoms with Gasteiger partial charge in [0.05, 0.1) is 0 Å². The molecule has 0 aliphatic heterocycles. The first-order valence-electron chi connectivity index (χ1n) is 8.07. The fraction of sp³-hybridized carbons (Fsp3) is 1.00. The second-order valence-electron chi connectivity index (χ2n) is 6.31. The second-order valence-corrected chi connectivity index (χ2v) is 6.31. The molecule has 122 valence electrons. The molecule has 0 saturated heterocycles. The summed E-state index contributed by atoms with van der Waals surface area (Å²) < 4.78 is 5.55. The van der Waals surface area contributed by atoms with Crippen molar-refractivity contribution < 1.29 is 14.9 Å². The van der Waals surface area contributed by atoms with Gasteiger partial charge in [0.15, 0.2) is 0 Å². The van der Waals surface area contributed by atoms with Crippen molar-refractivity contribution in [3.05, 3.63) is 0 Å². The van der Waals surface area contributed by atoms with Gasteiger partial charge >= 0.3 is 0 Å². The summed E-state index contributed by atoms with van der Waals surface area (Å²) in [5, 5.41) is 18.6. The summed E-state index contributed by atoms with van der Waals surface area (Å²) in [4.78, 5) is 1.51. The monoisotopic (exact) mass is 289 g/mol. The van der Waals surface area contributed by atoms with Crippen LogP contribution in [0.4, 0.5) is 0 Å². The van der Waals surface area contributed by atoms with Crippen molar-refractivity contribution in [3.8, 4) is 0 Å². The Hall–Kier alpha value is -0.160. The Balaban J connectivity index is 3.18. The molecule has 4 nitrogen and oxygen atoms in total. The van der Waals surface area contributed by atoms with Crippen LogP contribution in [-0.2, 0) is 4.74 Å². The summed E-state index contributed by atoms with van der Waals surface area (Å²) in [6, 6.07) is 0. The molecule has 0 bridgehead atoms. The van der Waals surface area contributed by atoms with Gasteiger partial charge in [-0.15, -0.1) is 0 Å². The number of rotatable bonds is 13. The Labute approximate surface area is 125 Å². The minimum atomic E-state index is -1.73. The SMILES string of the molecule is CC(C)CCCCCCCOCCCN(C)C(C)(O)O.